The van der Waals surface area contributed by atoms with Gasteiger partial charge in [-0.25, -0.2) is 0 Å². The van der Waals surface area contributed by atoms with Crippen LogP contribution in [-0.2, 0) is 0 Å². The van der Waals surface area contributed by atoms with E-state index >= 15 is 0 Å². The van der Waals surface area contributed by atoms with Gasteiger partial charge in [0.1, 0.15) is 0 Å². The molecule has 1 N–H and O–H groups in total. The Morgan fingerprint density at radius 1 is 1.17 bits per heavy atom. The number of benzene rings is 1. The van der Waals surface area contributed by atoms with Crippen LogP contribution in [0, 0.1) is 0 Å². The minimum Gasteiger partial charge on any atom is -0.388 e. The Balaban J connectivity index is 2.16. The lowest BCUT2D eigenvalue weighted by Gasteiger charge is -1.97. The van der Waals surface area contributed by atoms with Crippen LogP contribution in [0.1, 0.15) is 18.4 Å². The molecule has 1 fully saturated rings. The number of nitrogens with one attached hydrogen (secondary N) is 1. The van der Waals surface area contributed by atoms with E-state index in [-0.39, 0.29) is 0 Å². The molecule has 0 bridgehead atoms. The maximum absolute atomic E-state index is 3.37. The van der Waals surface area contributed by atoms with E-state index in [2.05, 4.69) is 35.7 Å². The Hall–Kier alpha value is -1.24. The van der Waals surface area contributed by atoms with Gasteiger partial charge in [-0.05, 0) is 24.5 Å². The summed E-state index contributed by atoms with van der Waals surface area (Å²) in [6, 6.07) is 10.5. The van der Waals surface area contributed by atoms with Crippen LogP contribution in [-0.4, -0.2) is 6.54 Å². The van der Waals surface area contributed by atoms with Gasteiger partial charge < -0.3 is 5.32 Å². The van der Waals surface area contributed by atoms with Crippen molar-refractivity contribution in [1.82, 2.24) is 5.32 Å². The van der Waals surface area contributed by atoms with E-state index in [1.165, 1.54) is 24.1 Å². The molecule has 0 amide bonds. The normalized spacial score (nSPS) is 19.5. The van der Waals surface area contributed by atoms with Crippen LogP contribution in [0.5, 0.6) is 0 Å². The van der Waals surface area contributed by atoms with Crippen molar-refractivity contribution < 1.29 is 0 Å². The van der Waals surface area contributed by atoms with Gasteiger partial charge >= 0.3 is 0 Å². The van der Waals surface area contributed by atoms with Crippen LogP contribution in [0.3, 0.4) is 0 Å². The van der Waals surface area contributed by atoms with Gasteiger partial charge in [-0.1, -0.05) is 30.3 Å². The van der Waals surface area contributed by atoms with Crippen LogP contribution in [0.15, 0.2) is 36.0 Å². The zero-order chi connectivity index (χ0) is 8.23. The lowest BCUT2D eigenvalue weighted by Crippen LogP contribution is -2.02. The standard InChI is InChI=1S/C11H13N/c1-2-5-10(6-3-1)9-11-7-4-8-12-11/h1-3,5-6,9,12H,4,7-8H2/b11-9+. The Labute approximate surface area is 73.1 Å². The fourth-order valence-corrected chi connectivity index (χ4v) is 1.49. The van der Waals surface area contributed by atoms with E-state index in [0.717, 1.165) is 6.54 Å². The smallest absolute Gasteiger partial charge is 0.0147 e. The summed E-state index contributed by atoms with van der Waals surface area (Å²) in [6.07, 6.45) is 4.71. The lowest BCUT2D eigenvalue weighted by atomic mass is 10.2. The lowest BCUT2D eigenvalue weighted by molar-refractivity contribution is 0.905. The van der Waals surface area contributed by atoms with Crippen LogP contribution in [0.25, 0.3) is 6.08 Å². The van der Waals surface area contributed by atoms with E-state index in [9.17, 15) is 0 Å². The zero-order valence-corrected chi connectivity index (χ0v) is 7.09. The number of allylic oxidation sites excluding steroid dienone is 1. The highest BCUT2D eigenvalue weighted by molar-refractivity contribution is 5.52. The van der Waals surface area contributed by atoms with Gasteiger partial charge in [-0.3, -0.25) is 0 Å². The van der Waals surface area contributed by atoms with Crippen molar-refractivity contribution in [1.29, 1.82) is 0 Å². The molecule has 62 valence electrons. The van der Waals surface area contributed by atoms with Crippen molar-refractivity contribution in [2.45, 2.75) is 12.8 Å². The number of rotatable bonds is 1. The molecule has 0 aromatic heterocycles. The summed E-state index contributed by atoms with van der Waals surface area (Å²) < 4.78 is 0. The highest BCUT2D eigenvalue weighted by Crippen LogP contribution is 2.13. The maximum Gasteiger partial charge on any atom is 0.0147 e. The summed E-state index contributed by atoms with van der Waals surface area (Å²) in [5, 5.41) is 3.37. The van der Waals surface area contributed by atoms with Crippen molar-refractivity contribution in [3.63, 3.8) is 0 Å². The molecular weight excluding hydrogens is 146 g/mol. The molecule has 0 spiro atoms. The van der Waals surface area contributed by atoms with Gasteiger partial charge in [0.25, 0.3) is 0 Å². The van der Waals surface area contributed by atoms with E-state index in [1.54, 1.807) is 0 Å². The second-order valence-corrected chi connectivity index (χ2v) is 3.11. The minimum atomic E-state index is 1.14. The molecule has 1 aliphatic heterocycles. The highest BCUT2D eigenvalue weighted by Gasteiger charge is 2.03. The van der Waals surface area contributed by atoms with Gasteiger partial charge in [0, 0.05) is 12.2 Å². The molecule has 0 atom stereocenters. The Bertz CT molecular complexity index is 266. The largest absolute Gasteiger partial charge is 0.388 e. The van der Waals surface area contributed by atoms with Crippen LogP contribution in [0.4, 0.5) is 0 Å². The summed E-state index contributed by atoms with van der Waals surface area (Å²) in [5.41, 5.74) is 2.67. The summed E-state index contributed by atoms with van der Waals surface area (Å²) in [4.78, 5) is 0. The van der Waals surface area contributed by atoms with Crippen molar-refractivity contribution in [3.05, 3.63) is 41.6 Å². The van der Waals surface area contributed by atoms with Crippen molar-refractivity contribution in [2.75, 3.05) is 6.54 Å². The van der Waals surface area contributed by atoms with Gasteiger partial charge in [0.2, 0.25) is 0 Å². The Kier molecular flexibility index (Phi) is 2.12. The molecule has 0 saturated carbocycles. The van der Waals surface area contributed by atoms with E-state index in [1.807, 2.05) is 6.07 Å². The van der Waals surface area contributed by atoms with Crippen molar-refractivity contribution in [3.8, 4) is 0 Å². The zero-order valence-electron chi connectivity index (χ0n) is 7.09. The highest BCUT2D eigenvalue weighted by atomic mass is 14.9. The third kappa shape index (κ3) is 1.67. The van der Waals surface area contributed by atoms with E-state index in [0.29, 0.717) is 0 Å². The first-order valence-electron chi connectivity index (χ1n) is 4.45. The number of hydrogen-bond donors (Lipinski definition) is 1. The first-order chi connectivity index (χ1) is 5.95. The molecule has 1 aliphatic rings. The average Bonchev–Trinajstić information content (AvgIpc) is 2.59. The summed E-state index contributed by atoms with van der Waals surface area (Å²) in [7, 11) is 0. The average molecular weight is 159 g/mol. The van der Waals surface area contributed by atoms with Gasteiger partial charge in [-0.15, -0.1) is 0 Å². The molecule has 2 rings (SSSR count). The Morgan fingerprint density at radius 2 is 2.00 bits per heavy atom. The number of hydrogen-bond acceptors (Lipinski definition) is 1. The fraction of sp³-hybridized carbons (Fsp3) is 0.273. The SMILES string of the molecule is C(=C1/CCCN1)/c1ccccc1. The predicted octanol–water partition coefficient (Wildman–Crippen LogP) is 2.41. The molecule has 1 saturated heterocycles. The summed E-state index contributed by atoms with van der Waals surface area (Å²) in [6.45, 7) is 1.14. The van der Waals surface area contributed by atoms with E-state index < -0.39 is 0 Å². The molecule has 1 aromatic carbocycles. The molecule has 1 aromatic rings. The van der Waals surface area contributed by atoms with E-state index in [4.69, 9.17) is 0 Å². The molecule has 0 aliphatic carbocycles. The van der Waals surface area contributed by atoms with Crippen LogP contribution < -0.4 is 5.32 Å². The quantitative estimate of drug-likeness (QED) is 0.663. The first kappa shape index (κ1) is 7.41. The Morgan fingerprint density at radius 3 is 2.67 bits per heavy atom. The topological polar surface area (TPSA) is 12.0 Å². The second-order valence-electron chi connectivity index (χ2n) is 3.11. The van der Waals surface area contributed by atoms with Crippen molar-refractivity contribution >= 4 is 6.08 Å². The van der Waals surface area contributed by atoms with Gasteiger partial charge in [0.05, 0.1) is 0 Å². The second kappa shape index (κ2) is 3.44. The monoisotopic (exact) mass is 159 g/mol. The molecule has 1 nitrogen and oxygen atoms in total. The van der Waals surface area contributed by atoms with Gasteiger partial charge in [0.15, 0.2) is 0 Å². The van der Waals surface area contributed by atoms with Crippen molar-refractivity contribution in [2.24, 2.45) is 0 Å². The molecule has 1 heteroatoms. The van der Waals surface area contributed by atoms with Crippen LogP contribution in [0.2, 0.25) is 0 Å². The fourth-order valence-electron chi connectivity index (χ4n) is 1.49. The molecule has 0 radical (unpaired) electrons. The van der Waals surface area contributed by atoms with Crippen LogP contribution >= 0.6 is 0 Å². The molecule has 1 heterocycles. The predicted molar refractivity (Wildman–Crippen MR) is 51.7 cm³/mol. The first-order valence-corrected chi connectivity index (χ1v) is 4.45. The molecular formula is C11H13N. The minimum absolute atomic E-state index is 1.14. The summed E-state index contributed by atoms with van der Waals surface area (Å²) >= 11 is 0. The maximum atomic E-state index is 3.37. The summed E-state index contributed by atoms with van der Waals surface area (Å²) in [5.74, 6) is 0. The molecule has 0 unspecified atom stereocenters. The van der Waals surface area contributed by atoms with Gasteiger partial charge in [-0.2, -0.15) is 0 Å². The third-order valence-corrected chi connectivity index (χ3v) is 2.12. The molecule has 12 heavy (non-hydrogen) atoms. The third-order valence-electron chi connectivity index (χ3n) is 2.12.